The second-order valence-corrected chi connectivity index (χ2v) is 5.50. The summed E-state index contributed by atoms with van der Waals surface area (Å²) in [6.45, 7) is 3.87. The molecule has 0 radical (unpaired) electrons. The number of aromatic nitrogens is 2. The smallest absolute Gasteiger partial charge is 0.259 e. The highest BCUT2D eigenvalue weighted by Gasteiger charge is 2.12. The highest BCUT2D eigenvalue weighted by Crippen LogP contribution is 2.19. The number of nitrogens with one attached hydrogen (secondary N) is 1. The van der Waals surface area contributed by atoms with Crippen molar-refractivity contribution in [2.45, 2.75) is 13.8 Å². The molecule has 5 heteroatoms. The van der Waals surface area contributed by atoms with Gasteiger partial charge in [-0.1, -0.05) is 11.6 Å². The number of thiazole rings is 1. The Labute approximate surface area is 120 Å². The van der Waals surface area contributed by atoms with Gasteiger partial charge in [0.15, 0.2) is 5.13 Å². The Balaban J connectivity index is 2.02. The van der Waals surface area contributed by atoms with Crippen LogP contribution in [-0.2, 0) is 0 Å². The summed E-state index contributed by atoms with van der Waals surface area (Å²) in [5.41, 5.74) is 3.35. The van der Waals surface area contributed by atoms with Crippen molar-refractivity contribution in [3.63, 3.8) is 0 Å². The van der Waals surface area contributed by atoms with Gasteiger partial charge in [-0.3, -0.25) is 15.1 Å². The number of hydrogen-bond acceptors (Lipinski definition) is 4. The van der Waals surface area contributed by atoms with E-state index in [9.17, 15) is 4.79 Å². The van der Waals surface area contributed by atoms with Crippen LogP contribution in [0.2, 0.25) is 0 Å². The molecule has 4 nitrogen and oxygen atoms in total. The molecule has 0 bridgehead atoms. The molecule has 0 aliphatic rings. The second-order valence-electron chi connectivity index (χ2n) is 4.61. The van der Waals surface area contributed by atoms with E-state index in [0.29, 0.717) is 10.7 Å². The summed E-state index contributed by atoms with van der Waals surface area (Å²) < 4.78 is 0. The number of aryl methyl sites for hydroxylation is 2. The minimum atomic E-state index is -0.173. The maximum Gasteiger partial charge on any atom is 0.259 e. The molecule has 0 fully saturated rings. The molecule has 0 spiro atoms. The van der Waals surface area contributed by atoms with E-state index in [1.165, 1.54) is 11.3 Å². The summed E-state index contributed by atoms with van der Waals surface area (Å²) in [7, 11) is 0. The minimum absolute atomic E-state index is 0.173. The van der Waals surface area contributed by atoms with Gasteiger partial charge in [-0.15, -0.1) is 11.3 Å². The first kappa shape index (κ1) is 12.7. The van der Waals surface area contributed by atoms with Crippen molar-refractivity contribution in [2.24, 2.45) is 0 Å². The molecule has 3 aromatic rings. The Morgan fingerprint density at radius 2 is 2.10 bits per heavy atom. The molecule has 0 atom stereocenters. The van der Waals surface area contributed by atoms with Crippen molar-refractivity contribution < 1.29 is 4.79 Å². The van der Waals surface area contributed by atoms with E-state index in [-0.39, 0.29) is 5.91 Å². The number of anilines is 1. The number of fused-ring (bicyclic) bond motifs is 1. The van der Waals surface area contributed by atoms with Crippen LogP contribution in [0.15, 0.2) is 35.8 Å². The van der Waals surface area contributed by atoms with E-state index in [1.807, 2.05) is 43.5 Å². The van der Waals surface area contributed by atoms with Gasteiger partial charge in [0.2, 0.25) is 0 Å². The summed E-state index contributed by atoms with van der Waals surface area (Å²) in [6.07, 6.45) is 1.66. The number of carbonyl (C=O) groups is 1. The summed E-state index contributed by atoms with van der Waals surface area (Å²) in [4.78, 5) is 20.8. The molecule has 3 rings (SSSR count). The average molecular weight is 283 g/mol. The lowest BCUT2D eigenvalue weighted by Crippen LogP contribution is -2.14. The van der Waals surface area contributed by atoms with E-state index in [1.54, 1.807) is 6.20 Å². The van der Waals surface area contributed by atoms with Crippen molar-refractivity contribution in [3.05, 3.63) is 52.7 Å². The molecule has 0 saturated carbocycles. The fourth-order valence-corrected chi connectivity index (χ4v) is 2.60. The van der Waals surface area contributed by atoms with Crippen LogP contribution >= 0.6 is 11.3 Å². The normalized spacial score (nSPS) is 10.7. The zero-order valence-electron chi connectivity index (χ0n) is 11.2. The van der Waals surface area contributed by atoms with Gasteiger partial charge in [-0.25, -0.2) is 4.98 Å². The Bertz CT molecular complexity index is 781. The van der Waals surface area contributed by atoms with E-state index < -0.39 is 0 Å². The topological polar surface area (TPSA) is 54.9 Å². The van der Waals surface area contributed by atoms with E-state index in [4.69, 9.17) is 0 Å². The molecule has 2 heterocycles. The molecule has 0 saturated heterocycles. The highest BCUT2D eigenvalue weighted by molar-refractivity contribution is 7.13. The lowest BCUT2D eigenvalue weighted by atomic mass is 10.1. The Hall–Kier alpha value is -2.27. The van der Waals surface area contributed by atoms with Gasteiger partial charge in [0.1, 0.15) is 0 Å². The second kappa shape index (κ2) is 5.02. The molecule has 1 aromatic carbocycles. The zero-order valence-corrected chi connectivity index (χ0v) is 12.0. The number of rotatable bonds is 2. The predicted octanol–water partition coefficient (Wildman–Crippen LogP) is 3.56. The fourth-order valence-electron chi connectivity index (χ4n) is 2.07. The summed E-state index contributed by atoms with van der Waals surface area (Å²) >= 11 is 1.39. The van der Waals surface area contributed by atoms with Gasteiger partial charge in [0.25, 0.3) is 5.91 Å². The monoisotopic (exact) mass is 283 g/mol. The van der Waals surface area contributed by atoms with Gasteiger partial charge in [0, 0.05) is 17.0 Å². The molecule has 1 N–H and O–H groups in total. The first-order valence-electron chi connectivity index (χ1n) is 6.22. The Kier molecular flexibility index (Phi) is 3.20. The predicted molar refractivity (Wildman–Crippen MR) is 81.3 cm³/mol. The summed E-state index contributed by atoms with van der Waals surface area (Å²) in [5.74, 6) is -0.173. The summed E-state index contributed by atoms with van der Waals surface area (Å²) in [5, 5.41) is 6.18. The van der Waals surface area contributed by atoms with Crippen LogP contribution in [0.5, 0.6) is 0 Å². The zero-order chi connectivity index (χ0) is 14.1. The van der Waals surface area contributed by atoms with Crippen LogP contribution in [0.4, 0.5) is 5.13 Å². The van der Waals surface area contributed by atoms with E-state index in [0.717, 1.165) is 22.2 Å². The molecular weight excluding hydrogens is 270 g/mol. The number of nitrogens with zero attached hydrogens (tertiary/aromatic N) is 2. The van der Waals surface area contributed by atoms with Gasteiger partial charge >= 0.3 is 0 Å². The molecule has 100 valence electrons. The fraction of sp³-hybridized carbons (Fsp3) is 0.133. The first-order chi connectivity index (χ1) is 9.63. The number of pyridine rings is 1. The molecule has 0 aliphatic heterocycles. The average Bonchev–Trinajstić information content (AvgIpc) is 2.91. The third-order valence-electron chi connectivity index (χ3n) is 3.06. The van der Waals surface area contributed by atoms with Crippen molar-refractivity contribution in [2.75, 3.05) is 5.32 Å². The number of benzene rings is 1. The largest absolute Gasteiger partial charge is 0.298 e. The highest BCUT2D eigenvalue weighted by atomic mass is 32.1. The lowest BCUT2D eigenvalue weighted by Gasteiger charge is -2.07. The minimum Gasteiger partial charge on any atom is -0.298 e. The van der Waals surface area contributed by atoms with Crippen molar-refractivity contribution >= 4 is 33.3 Å². The van der Waals surface area contributed by atoms with Crippen LogP contribution in [-0.4, -0.2) is 15.9 Å². The van der Waals surface area contributed by atoms with Gasteiger partial charge in [0.05, 0.1) is 16.8 Å². The number of amides is 1. The van der Waals surface area contributed by atoms with Crippen molar-refractivity contribution in [1.29, 1.82) is 0 Å². The molecule has 2 aromatic heterocycles. The molecule has 20 heavy (non-hydrogen) atoms. The van der Waals surface area contributed by atoms with Crippen LogP contribution in [0.1, 0.15) is 21.6 Å². The first-order valence-corrected chi connectivity index (χ1v) is 7.10. The van der Waals surface area contributed by atoms with Gasteiger partial charge in [-0.05, 0) is 32.0 Å². The van der Waals surface area contributed by atoms with Crippen molar-refractivity contribution in [1.82, 2.24) is 9.97 Å². The van der Waals surface area contributed by atoms with Gasteiger partial charge < -0.3 is 0 Å². The number of hydrogen-bond donors (Lipinski definition) is 1. The SMILES string of the molecule is Cc1ccc2nc(C)c(C(=O)Nc3nccs3)cc2c1. The third kappa shape index (κ3) is 2.40. The van der Waals surface area contributed by atoms with Crippen LogP contribution in [0.3, 0.4) is 0 Å². The van der Waals surface area contributed by atoms with Crippen molar-refractivity contribution in [3.8, 4) is 0 Å². The molecular formula is C15H13N3OS. The Morgan fingerprint density at radius 3 is 2.85 bits per heavy atom. The molecule has 0 aliphatic carbocycles. The van der Waals surface area contributed by atoms with Gasteiger partial charge in [-0.2, -0.15) is 0 Å². The van der Waals surface area contributed by atoms with Crippen LogP contribution < -0.4 is 5.32 Å². The maximum atomic E-state index is 12.3. The van der Waals surface area contributed by atoms with Crippen LogP contribution in [0.25, 0.3) is 10.9 Å². The van der Waals surface area contributed by atoms with Crippen LogP contribution in [0, 0.1) is 13.8 Å². The standard InChI is InChI=1S/C15H13N3OS/c1-9-3-4-13-11(7-9)8-12(10(2)17-13)14(19)18-15-16-5-6-20-15/h3-8H,1-2H3,(H,16,18,19). The third-order valence-corrected chi connectivity index (χ3v) is 3.75. The molecule has 1 amide bonds. The molecule has 0 unspecified atom stereocenters. The number of carbonyl (C=O) groups excluding carboxylic acids is 1. The lowest BCUT2D eigenvalue weighted by molar-refractivity contribution is 0.102. The van der Waals surface area contributed by atoms with E-state index in [2.05, 4.69) is 15.3 Å². The summed E-state index contributed by atoms with van der Waals surface area (Å²) in [6, 6.07) is 7.90. The van der Waals surface area contributed by atoms with E-state index >= 15 is 0 Å². The maximum absolute atomic E-state index is 12.3. The quantitative estimate of drug-likeness (QED) is 0.782. The Morgan fingerprint density at radius 1 is 1.25 bits per heavy atom.